The Morgan fingerprint density at radius 2 is 2.04 bits per heavy atom. The van der Waals surface area contributed by atoms with Crippen LogP contribution in [-0.4, -0.2) is 51.6 Å². The monoisotopic (exact) mass is 320 g/mol. The third-order valence-corrected chi connectivity index (χ3v) is 5.07. The zero-order valence-electron chi connectivity index (χ0n) is 13.8. The lowest BCUT2D eigenvalue weighted by molar-refractivity contribution is -0.144. The third-order valence-electron chi connectivity index (χ3n) is 5.07. The first kappa shape index (κ1) is 16.0. The van der Waals surface area contributed by atoms with Crippen molar-refractivity contribution in [3.8, 4) is 0 Å². The molecule has 2 aliphatic rings. The summed E-state index contributed by atoms with van der Waals surface area (Å²) in [6.07, 6.45) is 5.64. The summed E-state index contributed by atoms with van der Waals surface area (Å²) >= 11 is 0. The van der Waals surface area contributed by atoms with Crippen molar-refractivity contribution in [2.75, 3.05) is 13.6 Å². The van der Waals surface area contributed by atoms with Gasteiger partial charge in [0.15, 0.2) is 0 Å². The number of aryl methyl sites for hydroxylation is 1. The predicted molar refractivity (Wildman–Crippen MR) is 82.2 cm³/mol. The fourth-order valence-corrected chi connectivity index (χ4v) is 3.65. The van der Waals surface area contributed by atoms with Crippen molar-refractivity contribution < 1.29 is 14.2 Å². The van der Waals surface area contributed by atoms with Crippen LogP contribution >= 0.6 is 0 Å². The smallest absolute Gasteiger partial charge is 0.227 e. The Kier molecular flexibility index (Phi) is 4.63. The zero-order chi connectivity index (χ0) is 16.4. The van der Waals surface area contributed by atoms with Crippen LogP contribution in [0.3, 0.4) is 0 Å². The van der Waals surface area contributed by atoms with Crippen LogP contribution in [0, 0.1) is 12.8 Å². The maximum Gasteiger partial charge on any atom is 0.227 e. The molecule has 2 heterocycles. The Hall–Kier alpha value is -1.92. The number of carbonyl (C=O) groups is 2. The molecule has 0 bridgehead atoms. The Balaban J connectivity index is 1.62. The second-order valence-electron chi connectivity index (χ2n) is 6.71. The molecule has 1 saturated heterocycles. The standard InChI is InChI=1S/C16H24N4O3/c1-11-14(18-23-17-11)10-19(2)16(22)12-7-8-15(21)20(9-12)13-5-3-4-6-13/h12-13H,3-10H2,1-2H3. The summed E-state index contributed by atoms with van der Waals surface area (Å²) in [7, 11) is 1.77. The van der Waals surface area contributed by atoms with E-state index in [1.165, 1.54) is 12.8 Å². The van der Waals surface area contributed by atoms with E-state index in [1.807, 2.05) is 11.8 Å². The Morgan fingerprint density at radius 3 is 2.70 bits per heavy atom. The molecule has 7 nitrogen and oxygen atoms in total. The molecule has 1 saturated carbocycles. The number of hydrogen-bond acceptors (Lipinski definition) is 5. The molecule has 1 atom stereocenters. The van der Waals surface area contributed by atoms with Crippen molar-refractivity contribution >= 4 is 11.8 Å². The minimum Gasteiger partial charge on any atom is -0.339 e. The van der Waals surface area contributed by atoms with E-state index in [2.05, 4.69) is 14.9 Å². The van der Waals surface area contributed by atoms with E-state index < -0.39 is 0 Å². The molecular formula is C16H24N4O3. The van der Waals surface area contributed by atoms with Gasteiger partial charge in [-0.1, -0.05) is 23.2 Å². The molecule has 0 aromatic carbocycles. The van der Waals surface area contributed by atoms with Crippen LogP contribution in [-0.2, 0) is 16.1 Å². The minimum absolute atomic E-state index is 0.0721. The number of amides is 2. The summed E-state index contributed by atoms with van der Waals surface area (Å²) in [5, 5.41) is 7.57. The molecule has 2 amide bonds. The second kappa shape index (κ2) is 6.68. The molecule has 3 rings (SSSR count). The Labute approximate surface area is 136 Å². The summed E-state index contributed by atoms with van der Waals surface area (Å²) in [5.41, 5.74) is 1.39. The number of likely N-dealkylation sites (tertiary alicyclic amines) is 1. The van der Waals surface area contributed by atoms with E-state index in [1.54, 1.807) is 11.9 Å². The van der Waals surface area contributed by atoms with E-state index in [9.17, 15) is 9.59 Å². The molecule has 2 fully saturated rings. The Bertz CT molecular complexity index is 580. The largest absolute Gasteiger partial charge is 0.339 e. The van der Waals surface area contributed by atoms with Gasteiger partial charge in [0.25, 0.3) is 0 Å². The average Bonchev–Trinajstić information content (AvgIpc) is 3.20. The van der Waals surface area contributed by atoms with Crippen LogP contribution in [0.1, 0.15) is 49.9 Å². The Morgan fingerprint density at radius 1 is 1.30 bits per heavy atom. The van der Waals surface area contributed by atoms with Gasteiger partial charge < -0.3 is 9.80 Å². The van der Waals surface area contributed by atoms with Crippen LogP contribution in [0.25, 0.3) is 0 Å². The van der Waals surface area contributed by atoms with E-state index in [0.717, 1.165) is 12.8 Å². The van der Waals surface area contributed by atoms with Crippen LogP contribution in [0.15, 0.2) is 4.63 Å². The van der Waals surface area contributed by atoms with Gasteiger partial charge in [-0.25, -0.2) is 4.63 Å². The van der Waals surface area contributed by atoms with Crippen molar-refractivity contribution in [1.29, 1.82) is 0 Å². The number of nitrogens with zero attached hydrogens (tertiary/aromatic N) is 4. The number of carbonyl (C=O) groups excluding carboxylic acids is 2. The van der Waals surface area contributed by atoms with Gasteiger partial charge >= 0.3 is 0 Å². The summed E-state index contributed by atoms with van der Waals surface area (Å²) in [6.45, 7) is 2.76. The maximum absolute atomic E-state index is 12.7. The highest BCUT2D eigenvalue weighted by atomic mass is 16.6. The van der Waals surface area contributed by atoms with Gasteiger partial charge in [-0.15, -0.1) is 0 Å². The van der Waals surface area contributed by atoms with Crippen LogP contribution in [0.5, 0.6) is 0 Å². The highest BCUT2D eigenvalue weighted by Crippen LogP contribution is 2.29. The molecule has 23 heavy (non-hydrogen) atoms. The molecule has 1 unspecified atom stereocenters. The van der Waals surface area contributed by atoms with Crippen LogP contribution in [0.4, 0.5) is 0 Å². The molecular weight excluding hydrogens is 296 g/mol. The quantitative estimate of drug-likeness (QED) is 0.840. The van der Waals surface area contributed by atoms with Gasteiger partial charge in [-0.3, -0.25) is 9.59 Å². The lowest BCUT2D eigenvalue weighted by Gasteiger charge is -2.37. The summed E-state index contributed by atoms with van der Waals surface area (Å²) in [5.74, 6) is 0.168. The van der Waals surface area contributed by atoms with E-state index in [-0.39, 0.29) is 17.7 Å². The van der Waals surface area contributed by atoms with Gasteiger partial charge in [0, 0.05) is 26.1 Å². The zero-order valence-corrected chi connectivity index (χ0v) is 13.8. The highest BCUT2D eigenvalue weighted by Gasteiger charge is 2.36. The summed E-state index contributed by atoms with van der Waals surface area (Å²) < 4.78 is 4.68. The maximum atomic E-state index is 12.7. The van der Waals surface area contributed by atoms with Crippen LogP contribution in [0.2, 0.25) is 0 Å². The van der Waals surface area contributed by atoms with E-state index in [0.29, 0.717) is 43.4 Å². The van der Waals surface area contributed by atoms with Crippen LogP contribution < -0.4 is 0 Å². The summed E-state index contributed by atoms with van der Waals surface area (Å²) in [6, 6.07) is 0.338. The number of piperidine rings is 1. The minimum atomic E-state index is -0.113. The SMILES string of the molecule is Cc1nonc1CN(C)C(=O)C1CCC(=O)N(C2CCCC2)C1. The fourth-order valence-electron chi connectivity index (χ4n) is 3.65. The fraction of sp³-hybridized carbons (Fsp3) is 0.750. The van der Waals surface area contributed by atoms with Gasteiger partial charge in [0.1, 0.15) is 11.4 Å². The molecule has 7 heteroatoms. The number of hydrogen-bond donors (Lipinski definition) is 0. The lowest BCUT2D eigenvalue weighted by Crippen LogP contribution is -2.49. The topological polar surface area (TPSA) is 79.5 Å². The highest BCUT2D eigenvalue weighted by molar-refractivity contribution is 5.84. The molecule has 1 aliphatic carbocycles. The molecule has 1 aromatic heterocycles. The number of rotatable bonds is 4. The van der Waals surface area contributed by atoms with Crippen molar-refractivity contribution in [3.63, 3.8) is 0 Å². The number of aromatic nitrogens is 2. The molecule has 0 radical (unpaired) electrons. The lowest BCUT2D eigenvalue weighted by atomic mass is 9.94. The van der Waals surface area contributed by atoms with Gasteiger partial charge in [0.05, 0.1) is 12.5 Å². The van der Waals surface area contributed by atoms with Crippen molar-refractivity contribution in [3.05, 3.63) is 11.4 Å². The van der Waals surface area contributed by atoms with Crippen molar-refractivity contribution in [1.82, 2.24) is 20.1 Å². The average molecular weight is 320 g/mol. The van der Waals surface area contributed by atoms with E-state index in [4.69, 9.17) is 0 Å². The molecule has 126 valence electrons. The van der Waals surface area contributed by atoms with E-state index >= 15 is 0 Å². The van der Waals surface area contributed by atoms with Gasteiger partial charge in [-0.2, -0.15) is 0 Å². The molecule has 0 spiro atoms. The van der Waals surface area contributed by atoms with Crippen molar-refractivity contribution in [2.45, 2.75) is 58.0 Å². The normalized spacial score (nSPS) is 22.6. The first-order chi connectivity index (χ1) is 11.1. The van der Waals surface area contributed by atoms with Crippen molar-refractivity contribution in [2.24, 2.45) is 5.92 Å². The first-order valence-electron chi connectivity index (χ1n) is 8.38. The summed E-state index contributed by atoms with van der Waals surface area (Å²) in [4.78, 5) is 28.5. The molecule has 1 aliphatic heterocycles. The van der Waals surface area contributed by atoms with Gasteiger partial charge in [-0.05, 0) is 26.2 Å². The molecule has 1 aromatic rings. The second-order valence-corrected chi connectivity index (χ2v) is 6.71. The predicted octanol–water partition coefficient (Wildman–Crippen LogP) is 1.52. The van der Waals surface area contributed by atoms with Gasteiger partial charge in [0.2, 0.25) is 11.8 Å². The first-order valence-corrected chi connectivity index (χ1v) is 8.38. The molecule has 0 N–H and O–H groups in total. The third kappa shape index (κ3) is 3.38.